The van der Waals surface area contributed by atoms with Crippen molar-refractivity contribution in [3.8, 4) is 0 Å². The van der Waals surface area contributed by atoms with E-state index in [2.05, 4.69) is 60.6 Å². The van der Waals surface area contributed by atoms with Crippen LogP contribution in [0.1, 0.15) is 48.5 Å². The maximum atomic E-state index is 5.35. The fourth-order valence-electron chi connectivity index (χ4n) is 1.79. The van der Waals surface area contributed by atoms with Crippen LogP contribution in [0.4, 0.5) is 0 Å². The van der Waals surface area contributed by atoms with Gasteiger partial charge < -0.3 is 4.74 Å². The van der Waals surface area contributed by atoms with Gasteiger partial charge in [0.25, 0.3) is 0 Å². The second-order valence-corrected chi connectivity index (χ2v) is 8.34. The van der Waals surface area contributed by atoms with Gasteiger partial charge in [-0.3, -0.25) is 0 Å². The summed E-state index contributed by atoms with van der Waals surface area (Å²) in [6, 6.07) is 0. The molecule has 2 heteroatoms. The third-order valence-electron chi connectivity index (χ3n) is 3.16. The molecule has 1 nitrogen and oxygen atoms in total. The number of hydrogen-bond donors (Lipinski definition) is 0. The van der Waals surface area contributed by atoms with E-state index in [1.807, 2.05) is 11.8 Å². The lowest BCUT2D eigenvalue weighted by atomic mass is 9.93. The Bertz CT molecular complexity index is 425. The molecular formula is C17H28OS. The predicted molar refractivity (Wildman–Crippen MR) is 87.2 cm³/mol. The highest BCUT2D eigenvalue weighted by Crippen LogP contribution is 2.47. The van der Waals surface area contributed by atoms with Gasteiger partial charge in [-0.25, -0.2) is 0 Å². The summed E-state index contributed by atoms with van der Waals surface area (Å²) in [5.74, 6) is 0. The summed E-state index contributed by atoms with van der Waals surface area (Å²) >= 11 is 1.92. The Morgan fingerprint density at radius 1 is 0.947 bits per heavy atom. The van der Waals surface area contributed by atoms with Crippen molar-refractivity contribution in [1.29, 1.82) is 0 Å². The van der Waals surface area contributed by atoms with Gasteiger partial charge in [-0.15, -0.1) is 0 Å². The molecule has 1 aliphatic rings. The predicted octanol–water partition coefficient (Wildman–Crippen LogP) is 5.56. The summed E-state index contributed by atoms with van der Waals surface area (Å²) in [4.78, 5) is 2.84. The van der Waals surface area contributed by atoms with Crippen molar-refractivity contribution in [2.75, 3.05) is 13.7 Å². The van der Waals surface area contributed by atoms with E-state index in [0.29, 0.717) is 6.61 Å². The van der Waals surface area contributed by atoms with Gasteiger partial charge in [-0.05, 0) is 50.9 Å². The molecule has 1 heterocycles. The zero-order chi connectivity index (χ0) is 14.8. The van der Waals surface area contributed by atoms with Crippen LogP contribution in [0.25, 0.3) is 0 Å². The smallest absolute Gasteiger partial charge is 0.0715 e. The largest absolute Gasteiger partial charge is 0.380 e. The standard InChI is InChI=1S/C17H28OS/c1-12-9-14(16(2,3)4)19-15(17(5,6)7)10-13(12)11-18-8/h9-10H,11H2,1-8H3. The van der Waals surface area contributed by atoms with Gasteiger partial charge in [0, 0.05) is 7.11 Å². The zero-order valence-corrected chi connectivity index (χ0v) is 14.5. The van der Waals surface area contributed by atoms with Crippen LogP contribution < -0.4 is 0 Å². The minimum absolute atomic E-state index is 0.165. The Morgan fingerprint density at radius 3 is 1.84 bits per heavy atom. The van der Waals surface area contributed by atoms with Crippen molar-refractivity contribution >= 4 is 11.8 Å². The quantitative estimate of drug-likeness (QED) is 0.655. The van der Waals surface area contributed by atoms with E-state index in [4.69, 9.17) is 4.74 Å². The van der Waals surface area contributed by atoms with Crippen molar-refractivity contribution < 1.29 is 4.74 Å². The fraction of sp³-hybridized carbons (Fsp3) is 0.647. The van der Waals surface area contributed by atoms with Gasteiger partial charge in [0.1, 0.15) is 0 Å². The van der Waals surface area contributed by atoms with Gasteiger partial charge in [0.2, 0.25) is 0 Å². The Kier molecular flexibility index (Phi) is 5.14. The number of thioether (sulfide) groups is 1. The summed E-state index contributed by atoms with van der Waals surface area (Å²) in [6.07, 6.45) is 4.65. The van der Waals surface area contributed by atoms with Crippen LogP contribution in [0.15, 0.2) is 33.1 Å². The Morgan fingerprint density at radius 2 is 1.42 bits per heavy atom. The van der Waals surface area contributed by atoms with Crippen LogP contribution in [-0.4, -0.2) is 13.7 Å². The molecule has 0 fully saturated rings. The van der Waals surface area contributed by atoms with Crippen molar-refractivity contribution in [2.45, 2.75) is 48.5 Å². The van der Waals surface area contributed by atoms with Crippen LogP contribution in [0.5, 0.6) is 0 Å². The molecule has 1 rings (SSSR count). The van der Waals surface area contributed by atoms with Crippen LogP contribution in [-0.2, 0) is 4.74 Å². The van der Waals surface area contributed by atoms with Gasteiger partial charge in [0.15, 0.2) is 0 Å². The molecule has 0 saturated heterocycles. The summed E-state index contributed by atoms with van der Waals surface area (Å²) < 4.78 is 5.35. The van der Waals surface area contributed by atoms with E-state index in [0.717, 1.165) is 0 Å². The molecule has 0 spiro atoms. The minimum atomic E-state index is 0.165. The van der Waals surface area contributed by atoms with Gasteiger partial charge in [0.05, 0.1) is 6.61 Å². The van der Waals surface area contributed by atoms with Crippen molar-refractivity contribution in [2.24, 2.45) is 10.8 Å². The first kappa shape index (κ1) is 16.6. The highest BCUT2D eigenvalue weighted by molar-refractivity contribution is 8.06. The van der Waals surface area contributed by atoms with Crippen LogP contribution >= 0.6 is 11.8 Å². The van der Waals surface area contributed by atoms with E-state index in [9.17, 15) is 0 Å². The van der Waals surface area contributed by atoms with Gasteiger partial charge in [-0.2, -0.15) is 0 Å². The molecule has 108 valence electrons. The molecule has 0 radical (unpaired) electrons. The van der Waals surface area contributed by atoms with E-state index in [-0.39, 0.29) is 10.8 Å². The second-order valence-electron chi connectivity index (χ2n) is 7.26. The lowest BCUT2D eigenvalue weighted by molar-refractivity contribution is 0.227. The Balaban J connectivity index is 3.32. The molecule has 0 aromatic carbocycles. The molecule has 0 aromatic rings. The normalized spacial score (nSPS) is 18.1. The van der Waals surface area contributed by atoms with Crippen molar-refractivity contribution in [1.82, 2.24) is 0 Å². The van der Waals surface area contributed by atoms with E-state index < -0.39 is 0 Å². The maximum absolute atomic E-state index is 5.35. The third-order valence-corrected chi connectivity index (χ3v) is 5.06. The molecule has 0 N–H and O–H groups in total. The van der Waals surface area contributed by atoms with Crippen LogP contribution in [0.3, 0.4) is 0 Å². The molecule has 0 amide bonds. The number of hydrogen-bond acceptors (Lipinski definition) is 2. The van der Waals surface area contributed by atoms with E-state index in [1.54, 1.807) is 7.11 Å². The summed E-state index contributed by atoms with van der Waals surface area (Å²) in [6.45, 7) is 16.5. The first-order chi connectivity index (χ1) is 8.55. The topological polar surface area (TPSA) is 9.23 Å². The second kappa shape index (κ2) is 5.88. The summed E-state index contributed by atoms with van der Waals surface area (Å²) in [5.41, 5.74) is 2.95. The average molecular weight is 280 g/mol. The highest BCUT2D eigenvalue weighted by Gasteiger charge is 2.26. The first-order valence-electron chi connectivity index (χ1n) is 6.86. The zero-order valence-electron chi connectivity index (χ0n) is 13.7. The van der Waals surface area contributed by atoms with Crippen LogP contribution in [0.2, 0.25) is 0 Å². The van der Waals surface area contributed by atoms with Crippen LogP contribution in [0, 0.1) is 10.8 Å². The molecule has 0 aromatic heterocycles. The number of methoxy groups -OCH3 is 1. The van der Waals surface area contributed by atoms with Gasteiger partial charge in [-0.1, -0.05) is 53.3 Å². The SMILES string of the molecule is COCC1=C(C)C=C(C(C)(C)C)SC(C(C)(C)C)=C1. The van der Waals surface area contributed by atoms with Crippen molar-refractivity contribution in [3.63, 3.8) is 0 Å². The minimum Gasteiger partial charge on any atom is -0.380 e. The molecule has 0 atom stereocenters. The summed E-state index contributed by atoms with van der Waals surface area (Å²) in [7, 11) is 1.76. The summed E-state index contributed by atoms with van der Waals surface area (Å²) in [5, 5.41) is 0. The Labute approximate surface area is 123 Å². The lowest BCUT2D eigenvalue weighted by Gasteiger charge is -2.28. The average Bonchev–Trinajstić information content (AvgIpc) is 2.38. The monoisotopic (exact) mass is 280 g/mol. The van der Waals surface area contributed by atoms with Gasteiger partial charge >= 0.3 is 0 Å². The van der Waals surface area contributed by atoms with Crippen molar-refractivity contribution in [3.05, 3.63) is 33.1 Å². The first-order valence-corrected chi connectivity index (χ1v) is 7.68. The lowest BCUT2D eigenvalue weighted by Crippen LogP contribution is -2.11. The number of rotatable bonds is 2. The highest BCUT2D eigenvalue weighted by atomic mass is 32.2. The van der Waals surface area contributed by atoms with E-state index >= 15 is 0 Å². The third kappa shape index (κ3) is 4.54. The number of allylic oxidation sites excluding steroid dienone is 4. The molecule has 0 bridgehead atoms. The number of ether oxygens (including phenoxy) is 1. The molecule has 0 unspecified atom stereocenters. The fourth-order valence-corrected chi connectivity index (χ4v) is 3.08. The molecular weight excluding hydrogens is 252 g/mol. The van der Waals surface area contributed by atoms with E-state index in [1.165, 1.54) is 21.0 Å². The molecule has 0 saturated carbocycles. The molecule has 0 aliphatic carbocycles. The molecule has 1 aliphatic heterocycles. The maximum Gasteiger partial charge on any atom is 0.0715 e. The Hall–Kier alpha value is -0.470. The molecule has 19 heavy (non-hydrogen) atoms.